The molecule has 0 bridgehead atoms. The minimum atomic E-state index is -0.367. The van der Waals surface area contributed by atoms with Crippen molar-refractivity contribution >= 4 is 21.9 Å². The molecule has 1 aromatic carbocycles. The van der Waals surface area contributed by atoms with Gasteiger partial charge in [-0.3, -0.25) is 4.79 Å². The van der Waals surface area contributed by atoms with Crippen LogP contribution < -0.4 is 0 Å². The highest BCUT2D eigenvalue weighted by atomic mass is 79.9. The summed E-state index contributed by atoms with van der Waals surface area (Å²) in [5.74, 6) is 0.403. The van der Waals surface area contributed by atoms with Crippen LogP contribution in [0.2, 0.25) is 0 Å². The summed E-state index contributed by atoms with van der Waals surface area (Å²) in [6, 6.07) is 6.27. The smallest absolute Gasteiger partial charge is 0.316 e. The maximum Gasteiger partial charge on any atom is 0.316 e. The summed E-state index contributed by atoms with van der Waals surface area (Å²) >= 11 is 3.60. The molecule has 1 aliphatic rings. The third kappa shape index (κ3) is 2.33. The number of hydrogen-bond donors (Lipinski definition) is 0. The Morgan fingerprint density at radius 3 is 2.56 bits per heavy atom. The lowest BCUT2D eigenvalue weighted by Crippen LogP contribution is -2.23. The number of esters is 1. The molecular formula is C15H19BrO2. The highest BCUT2D eigenvalue weighted by Gasteiger charge is 2.52. The molecule has 0 unspecified atom stereocenters. The Morgan fingerprint density at radius 1 is 1.44 bits per heavy atom. The third-order valence-corrected chi connectivity index (χ3v) is 4.28. The highest BCUT2D eigenvalue weighted by molar-refractivity contribution is 9.10. The van der Waals surface area contributed by atoms with Crippen molar-refractivity contribution in [2.24, 2.45) is 0 Å². The van der Waals surface area contributed by atoms with Gasteiger partial charge in [-0.1, -0.05) is 41.9 Å². The van der Waals surface area contributed by atoms with E-state index in [1.165, 1.54) is 5.56 Å². The van der Waals surface area contributed by atoms with E-state index in [0.717, 1.165) is 22.9 Å². The predicted octanol–water partition coefficient (Wildman–Crippen LogP) is 4.17. The zero-order chi connectivity index (χ0) is 13.3. The number of rotatable bonds is 4. The molecule has 0 heterocycles. The second kappa shape index (κ2) is 5.04. The fourth-order valence-corrected chi connectivity index (χ4v) is 3.13. The Morgan fingerprint density at radius 2 is 2.11 bits per heavy atom. The topological polar surface area (TPSA) is 26.3 Å². The van der Waals surface area contributed by atoms with Crippen LogP contribution >= 0.6 is 15.9 Å². The van der Waals surface area contributed by atoms with Crippen molar-refractivity contribution in [3.63, 3.8) is 0 Å². The molecule has 0 atom stereocenters. The Bertz CT molecular complexity index is 462. The molecule has 0 spiro atoms. The fraction of sp³-hybridized carbons (Fsp3) is 0.533. The van der Waals surface area contributed by atoms with Gasteiger partial charge in [-0.25, -0.2) is 0 Å². The quantitative estimate of drug-likeness (QED) is 0.780. The van der Waals surface area contributed by atoms with Crippen molar-refractivity contribution in [1.29, 1.82) is 0 Å². The van der Waals surface area contributed by atoms with Gasteiger partial charge in [0.1, 0.15) is 0 Å². The molecule has 2 rings (SSSR count). The maximum atomic E-state index is 12.0. The van der Waals surface area contributed by atoms with Crippen LogP contribution in [0.25, 0.3) is 0 Å². The zero-order valence-electron chi connectivity index (χ0n) is 11.1. The first-order valence-electron chi connectivity index (χ1n) is 6.48. The second-order valence-corrected chi connectivity index (χ2v) is 6.05. The van der Waals surface area contributed by atoms with Gasteiger partial charge in [0.15, 0.2) is 0 Å². The van der Waals surface area contributed by atoms with E-state index in [0.29, 0.717) is 12.5 Å². The van der Waals surface area contributed by atoms with Crippen LogP contribution in [-0.2, 0) is 14.9 Å². The summed E-state index contributed by atoms with van der Waals surface area (Å²) < 4.78 is 6.28. The van der Waals surface area contributed by atoms with E-state index >= 15 is 0 Å². The lowest BCUT2D eigenvalue weighted by molar-refractivity contribution is -0.146. The molecule has 0 N–H and O–H groups in total. The summed E-state index contributed by atoms with van der Waals surface area (Å²) in [5, 5.41) is 0. The first-order chi connectivity index (χ1) is 8.51. The number of benzene rings is 1. The number of ether oxygens (including phenoxy) is 1. The van der Waals surface area contributed by atoms with Gasteiger partial charge in [-0.15, -0.1) is 0 Å². The Hall–Kier alpha value is -0.830. The van der Waals surface area contributed by atoms with E-state index in [1.54, 1.807) is 0 Å². The lowest BCUT2D eigenvalue weighted by Gasteiger charge is -2.16. The first-order valence-corrected chi connectivity index (χ1v) is 7.27. The van der Waals surface area contributed by atoms with Crippen LogP contribution in [0.5, 0.6) is 0 Å². The van der Waals surface area contributed by atoms with Gasteiger partial charge in [0.2, 0.25) is 0 Å². The second-order valence-electron chi connectivity index (χ2n) is 5.19. The number of carbonyl (C=O) groups excluding carboxylic acids is 1. The molecule has 0 radical (unpaired) electrons. The van der Waals surface area contributed by atoms with E-state index in [2.05, 4.69) is 48.0 Å². The van der Waals surface area contributed by atoms with Crippen molar-refractivity contribution in [1.82, 2.24) is 0 Å². The van der Waals surface area contributed by atoms with Crippen molar-refractivity contribution < 1.29 is 9.53 Å². The van der Waals surface area contributed by atoms with Crippen LogP contribution in [0.4, 0.5) is 0 Å². The monoisotopic (exact) mass is 310 g/mol. The summed E-state index contributed by atoms with van der Waals surface area (Å²) in [7, 11) is 0. The average Bonchev–Trinajstić information content (AvgIpc) is 3.09. The molecule has 18 heavy (non-hydrogen) atoms. The van der Waals surface area contributed by atoms with Gasteiger partial charge in [0, 0.05) is 4.47 Å². The summed E-state index contributed by atoms with van der Waals surface area (Å²) in [6.45, 7) is 6.63. The maximum absolute atomic E-state index is 12.0. The van der Waals surface area contributed by atoms with Crippen molar-refractivity contribution in [2.75, 3.05) is 6.61 Å². The van der Waals surface area contributed by atoms with Gasteiger partial charge in [0.25, 0.3) is 0 Å². The minimum Gasteiger partial charge on any atom is -0.465 e. The van der Waals surface area contributed by atoms with E-state index in [9.17, 15) is 4.79 Å². The molecule has 0 aliphatic heterocycles. The van der Waals surface area contributed by atoms with Crippen LogP contribution in [-0.4, -0.2) is 12.6 Å². The predicted molar refractivity (Wildman–Crippen MR) is 75.8 cm³/mol. The molecule has 1 saturated carbocycles. The van der Waals surface area contributed by atoms with Crippen LogP contribution in [0.3, 0.4) is 0 Å². The number of halogens is 1. The molecule has 0 amide bonds. The molecule has 1 aromatic rings. The summed E-state index contributed by atoms with van der Waals surface area (Å²) in [5.41, 5.74) is 1.99. The Balaban J connectivity index is 2.30. The Labute approximate surface area is 117 Å². The van der Waals surface area contributed by atoms with Gasteiger partial charge in [0.05, 0.1) is 12.0 Å². The molecular weight excluding hydrogens is 292 g/mol. The largest absolute Gasteiger partial charge is 0.465 e. The molecule has 2 nitrogen and oxygen atoms in total. The van der Waals surface area contributed by atoms with Gasteiger partial charge >= 0.3 is 5.97 Å². The van der Waals surface area contributed by atoms with Crippen LogP contribution in [0.15, 0.2) is 22.7 Å². The summed E-state index contributed by atoms with van der Waals surface area (Å²) in [4.78, 5) is 12.0. The molecule has 0 saturated heterocycles. The molecule has 0 aromatic heterocycles. The standard InChI is InChI=1S/C15H19BrO2/c1-4-18-14(17)15(7-8-15)11-5-6-12(10(2)3)13(16)9-11/h5-6,9-10H,4,7-8H2,1-3H3. The molecule has 98 valence electrons. The minimum absolute atomic E-state index is 0.0748. The van der Waals surface area contributed by atoms with E-state index in [4.69, 9.17) is 4.74 Å². The van der Waals surface area contributed by atoms with Crippen molar-refractivity contribution in [3.8, 4) is 0 Å². The van der Waals surface area contributed by atoms with Crippen molar-refractivity contribution in [2.45, 2.75) is 44.9 Å². The molecule has 1 fully saturated rings. The van der Waals surface area contributed by atoms with Gasteiger partial charge in [-0.05, 0) is 42.9 Å². The average molecular weight is 311 g/mol. The van der Waals surface area contributed by atoms with Gasteiger partial charge in [-0.2, -0.15) is 0 Å². The normalized spacial score (nSPS) is 16.7. The number of hydrogen-bond acceptors (Lipinski definition) is 2. The van der Waals surface area contributed by atoms with Crippen LogP contribution in [0.1, 0.15) is 50.7 Å². The van der Waals surface area contributed by atoms with E-state index in [1.807, 2.05) is 6.92 Å². The van der Waals surface area contributed by atoms with Crippen molar-refractivity contribution in [3.05, 3.63) is 33.8 Å². The summed E-state index contributed by atoms with van der Waals surface area (Å²) in [6.07, 6.45) is 1.80. The van der Waals surface area contributed by atoms with E-state index < -0.39 is 0 Å². The Kier molecular flexibility index (Phi) is 3.81. The van der Waals surface area contributed by atoms with Crippen LogP contribution in [0, 0.1) is 0 Å². The number of carbonyl (C=O) groups is 1. The fourth-order valence-electron chi connectivity index (χ4n) is 2.30. The molecule has 1 aliphatic carbocycles. The first kappa shape index (κ1) is 13.6. The SMILES string of the molecule is CCOC(=O)C1(c2ccc(C(C)C)c(Br)c2)CC1. The zero-order valence-corrected chi connectivity index (χ0v) is 12.7. The lowest BCUT2D eigenvalue weighted by atomic mass is 9.93. The third-order valence-electron chi connectivity index (χ3n) is 3.59. The van der Waals surface area contributed by atoms with E-state index in [-0.39, 0.29) is 11.4 Å². The highest BCUT2D eigenvalue weighted by Crippen LogP contribution is 2.50. The molecule has 3 heteroatoms. The van der Waals surface area contributed by atoms with Gasteiger partial charge < -0.3 is 4.74 Å².